The van der Waals surface area contributed by atoms with Gasteiger partial charge in [-0.15, -0.1) is 0 Å². The summed E-state index contributed by atoms with van der Waals surface area (Å²) in [7, 11) is 0. The van der Waals surface area contributed by atoms with Crippen molar-refractivity contribution in [2.45, 2.75) is 25.3 Å². The number of hydrogen-bond acceptors (Lipinski definition) is 4. The highest BCUT2D eigenvalue weighted by Crippen LogP contribution is 2.40. The van der Waals surface area contributed by atoms with Crippen LogP contribution in [0.15, 0.2) is 23.0 Å². The minimum absolute atomic E-state index is 0.221. The monoisotopic (exact) mass is 232 g/mol. The molecule has 0 aliphatic heterocycles. The third kappa shape index (κ3) is 2.20. The predicted molar refractivity (Wildman–Crippen MR) is 58.2 cm³/mol. The van der Waals surface area contributed by atoms with Crippen molar-refractivity contribution in [3.05, 3.63) is 35.5 Å². The van der Waals surface area contributed by atoms with E-state index in [0.717, 1.165) is 24.2 Å². The molecule has 0 unspecified atom stereocenters. The van der Waals surface area contributed by atoms with Crippen molar-refractivity contribution < 1.29 is 9.32 Å². The summed E-state index contributed by atoms with van der Waals surface area (Å²) in [4.78, 5) is 11.7. The van der Waals surface area contributed by atoms with Gasteiger partial charge in [-0.25, -0.2) is 0 Å². The van der Waals surface area contributed by atoms with Crippen LogP contribution in [0.2, 0.25) is 0 Å². The fraction of sp³-hybridized carbons (Fsp3) is 0.364. The minimum Gasteiger partial charge on any atom is -0.360 e. The van der Waals surface area contributed by atoms with E-state index in [1.54, 1.807) is 18.5 Å². The maximum Gasteiger partial charge on any atom is 0.273 e. The Balaban J connectivity index is 1.60. The van der Waals surface area contributed by atoms with Gasteiger partial charge in [-0.3, -0.25) is 9.89 Å². The number of amides is 1. The molecule has 1 aliphatic carbocycles. The molecule has 1 aliphatic rings. The zero-order valence-corrected chi connectivity index (χ0v) is 9.14. The molecule has 0 atom stereocenters. The van der Waals surface area contributed by atoms with Crippen LogP contribution < -0.4 is 5.32 Å². The van der Waals surface area contributed by atoms with E-state index >= 15 is 0 Å². The molecule has 2 aromatic heterocycles. The van der Waals surface area contributed by atoms with Gasteiger partial charge in [0.25, 0.3) is 5.91 Å². The largest absolute Gasteiger partial charge is 0.360 e. The minimum atomic E-state index is -0.221. The van der Waals surface area contributed by atoms with Crippen molar-refractivity contribution >= 4 is 5.91 Å². The SMILES string of the molecule is O=C(NCc1cn[nH]c1)c1cc(C2CC2)on1. The van der Waals surface area contributed by atoms with E-state index in [2.05, 4.69) is 20.7 Å². The Morgan fingerprint density at radius 2 is 2.47 bits per heavy atom. The molecule has 0 radical (unpaired) electrons. The Hall–Kier alpha value is -2.11. The third-order valence-corrected chi connectivity index (χ3v) is 2.75. The first-order valence-electron chi connectivity index (χ1n) is 5.55. The molecule has 2 heterocycles. The summed E-state index contributed by atoms with van der Waals surface area (Å²) in [6, 6.07) is 1.72. The smallest absolute Gasteiger partial charge is 0.273 e. The summed E-state index contributed by atoms with van der Waals surface area (Å²) < 4.78 is 5.12. The van der Waals surface area contributed by atoms with E-state index in [0.29, 0.717) is 18.2 Å². The van der Waals surface area contributed by atoms with Gasteiger partial charge in [0.1, 0.15) is 5.76 Å². The topological polar surface area (TPSA) is 83.8 Å². The molecular weight excluding hydrogens is 220 g/mol. The number of carbonyl (C=O) groups excluding carboxylic acids is 1. The quantitative estimate of drug-likeness (QED) is 0.829. The Bertz CT molecular complexity index is 513. The molecule has 0 spiro atoms. The van der Waals surface area contributed by atoms with Crippen LogP contribution in [0.5, 0.6) is 0 Å². The number of H-pyrrole nitrogens is 1. The molecule has 2 N–H and O–H groups in total. The van der Waals surface area contributed by atoms with Gasteiger partial charge in [-0.2, -0.15) is 5.10 Å². The van der Waals surface area contributed by atoms with E-state index in [4.69, 9.17) is 4.52 Å². The highest BCUT2D eigenvalue weighted by Gasteiger charge is 2.28. The molecule has 1 saturated carbocycles. The highest BCUT2D eigenvalue weighted by atomic mass is 16.5. The number of rotatable bonds is 4. The lowest BCUT2D eigenvalue weighted by Gasteiger charge is -1.98. The first-order valence-corrected chi connectivity index (χ1v) is 5.55. The second kappa shape index (κ2) is 4.04. The lowest BCUT2D eigenvalue weighted by Crippen LogP contribution is -2.22. The molecular formula is C11H12N4O2. The first-order chi connectivity index (χ1) is 8.33. The zero-order chi connectivity index (χ0) is 11.7. The fourth-order valence-electron chi connectivity index (χ4n) is 1.60. The van der Waals surface area contributed by atoms with Crippen molar-refractivity contribution in [2.75, 3.05) is 0 Å². The van der Waals surface area contributed by atoms with Gasteiger partial charge in [0.15, 0.2) is 5.69 Å². The molecule has 0 saturated heterocycles. The maximum atomic E-state index is 11.7. The molecule has 2 aromatic rings. The van der Waals surface area contributed by atoms with E-state index in [-0.39, 0.29) is 5.91 Å². The summed E-state index contributed by atoms with van der Waals surface area (Å²) in [5, 5.41) is 13.0. The van der Waals surface area contributed by atoms with Crippen molar-refractivity contribution in [1.29, 1.82) is 0 Å². The van der Waals surface area contributed by atoms with Crippen LogP contribution in [-0.4, -0.2) is 21.3 Å². The van der Waals surface area contributed by atoms with Crippen molar-refractivity contribution in [3.8, 4) is 0 Å². The average Bonchev–Trinajstić information content (AvgIpc) is 2.88. The van der Waals surface area contributed by atoms with Crippen LogP contribution in [-0.2, 0) is 6.54 Å². The second-order valence-corrected chi connectivity index (χ2v) is 4.18. The van der Waals surface area contributed by atoms with E-state index in [1.807, 2.05) is 0 Å². The van der Waals surface area contributed by atoms with Gasteiger partial charge in [0, 0.05) is 30.3 Å². The summed E-state index contributed by atoms with van der Waals surface area (Å²) in [6.45, 7) is 0.432. The zero-order valence-electron chi connectivity index (χ0n) is 9.14. The third-order valence-electron chi connectivity index (χ3n) is 2.75. The fourth-order valence-corrected chi connectivity index (χ4v) is 1.60. The first kappa shape index (κ1) is 10.1. The summed E-state index contributed by atoms with van der Waals surface area (Å²) in [5.74, 6) is 1.07. The molecule has 6 nitrogen and oxygen atoms in total. The van der Waals surface area contributed by atoms with Gasteiger partial charge < -0.3 is 9.84 Å². The maximum absolute atomic E-state index is 11.7. The number of aromatic amines is 1. The number of hydrogen-bond donors (Lipinski definition) is 2. The Morgan fingerprint density at radius 1 is 1.59 bits per heavy atom. The standard InChI is InChI=1S/C11H12N4O2/c16-11(12-4-7-5-13-14-6-7)9-3-10(17-15-9)8-1-2-8/h3,5-6,8H,1-2,4H2,(H,12,16)(H,13,14). The molecule has 0 aromatic carbocycles. The molecule has 0 bridgehead atoms. The number of carbonyl (C=O) groups is 1. The van der Waals surface area contributed by atoms with Crippen molar-refractivity contribution in [2.24, 2.45) is 0 Å². The molecule has 6 heteroatoms. The van der Waals surface area contributed by atoms with Crippen molar-refractivity contribution in [1.82, 2.24) is 20.7 Å². The van der Waals surface area contributed by atoms with E-state index < -0.39 is 0 Å². The van der Waals surface area contributed by atoms with Crippen LogP contribution in [0.3, 0.4) is 0 Å². The van der Waals surface area contributed by atoms with Gasteiger partial charge >= 0.3 is 0 Å². The Morgan fingerprint density at radius 3 is 3.18 bits per heavy atom. The van der Waals surface area contributed by atoms with Crippen LogP contribution >= 0.6 is 0 Å². The molecule has 17 heavy (non-hydrogen) atoms. The summed E-state index contributed by atoms with van der Waals surface area (Å²) in [6.07, 6.45) is 5.66. The van der Waals surface area contributed by atoms with Crippen molar-refractivity contribution in [3.63, 3.8) is 0 Å². The average molecular weight is 232 g/mol. The predicted octanol–water partition coefficient (Wildman–Crippen LogP) is 1.21. The van der Waals surface area contributed by atoms with Gasteiger partial charge in [-0.1, -0.05) is 5.16 Å². The Labute approximate surface area is 97.4 Å². The van der Waals surface area contributed by atoms with E-state index in [9.17, 15) is 4.79 Å². The lowest BCUT2D eigenvalue weighted by atomic mass is 10.2. The lowest BCUT2D eigenvalue weighted by molar-refractivity contribution is 0.0941. The number of nitrogens with zero attached hydrogens (tertiary/aromatic N) is 2. The molecule has 3 rings (SSSR count). The number of aromatic nitrogens is 3. The molecule has 1 amide bonds. The van der Waals surface area contributed by atoms with Crippen LogP contribution in [0.1, 0.15) is 40.6 Å². The van der Waals surface area contributed by atoms with Gasteiger partial charge in [0.05, 0.1) is 6.20 Å². The highest BCUT2D eigenvalue weighted by molar-refractivity contribution is 5.92. The summed E-state index contributed by atoms with van der Waals surface area (Å²) >= 11 is 0. The normalized spacial score (nSPS) is 14.8. The molecule has 1 fully saturated rings. The Kier molecular flexibility index (Phi) is 2.40. The molecule has 88 valence electrons. The summed E-state index contributed by atoms with van der Waals surface area (Å²) in [5.41, 5.74) is 1.26. The second-order valence-electron chi connectivity index (χ2n) is 4.18. The van der Waals surface area contributed by atoms with Crippen LogP contribution in [0.4, 0.5) is 0 Å². The van der Waals surface area contributed by atoms with Gasteiger partial charge in [0.2, 0.25) is 0 Å². The van der Waals surface area contributed by atoms with Gasteiger partial charge in [-0.05, 0) is 12.8 Å². The van der Waals surface area contributed by atoms with E-state index in [1.165, 1.54) is 0 Å². The van der Waals surface area contributed by atoms with Crippen LogP contribution in [0.25, 0.3) is 0 Å². The van der Waals surface area contributed by atoms with Crippen LogP contribution in [0, 0.1) is 0 Å². The number of nitrogens with one attached hydrogen (secondary N) is 2.